The van der Waals surface area contributed by atoms with Crippen molar-refractivity contribution in [1.29, 1.82) is 0 Å². The van der Waals surface area contributed by atoms with E-state index < -0.39 is 0 Å². The molecule has 0 bridgehead atoms. The molecule has 1 unspecified atom stereocenters. The monoisotopic (exact) mass is 250 g/mol. The first-order valence-electron chi connectivity index (χ1n) is 5.58. The topological polar surface area (TPSA) is 41.1 Å². The molecule has 0 fully saturated rings. The van der Waals surface area contributed by atoms with Crippen LogP contribution in [0.3, 0.4) is 0 Å². The van der Waals surface area contributed by atoms with Gasteiger partial charge in [0.05, 0.1) is 12.5 Å². The average molecular weight is 251 g/mol. The molecule has 0 aliphatic carbocycles. The zero-order chi connectivity index (χ0) is 12.3. The summed E-state index contributed by atoms with van der Waals surface area (Å²) < 4.78 is 0. The third-order valence-corrected chi connectivity index (χ3v) is 3.00. The minimum absolute atomic E-state index is 0.00792. The second kappa shape index (κ2) is 5.34. The van der Waals surface area contributed by atoms with Crippen LogP contribution < -0.4 is 10.6 Å². The molecule has 2 N–H and O–H groups in total. The highest BCUT2D eigenvalue weighted by Gasteiger charge is 2.25. The van der Waals surface area contributed by atoms with Crippen molar-refractivity contribution in [1.82, 2.24) is 10.6 Å². The molecule has 1 aromatic rings. The lowest BCUT2D eigenvalue weighted by Gasteiger charge is -2.25. The van der Waals surface area contributed by atoms with Gasteiger partial charge in [-0.2, -0.15) is 0 Å². The molecule has 0 saturated heterocycles. The summed E-state index contributed by atoms with van der Waals surface area (Å²) in [5.74, 6) is -0.151. The Morgan fingerprint density at radius 2 is 2.29 bits per heavy atom. The van der Waals surface area contributed by atoms with E-state index in [1.54, 1.807) is 0 Å². The van der Waals surface area contributed by atoms with Crippen molar-refractivity contribution in [3.8, 4) is 0 Å². The van der Waals surface area contributed by atoms with E-state index >= 15 is 0 Å². The van der Waals surface area contributed by atoms with Crippen LogP contribution >= 0.6 is 11.6 Å². The van der Waals surface area contributed by atoms with Gasteiger partial charge in [-0.25, -0.2) is 0 Å². The first-order valence-corrected chi connectivity index (χ1v) is 5.96. The first-order chi connectivity index (χ1) is 8.18. The van der Waals surface area contributed by atoms with Gasteiger partial charge in [-0.3, -0.25) is 4.79 Å². The van der Waals surface area contributed by atoms with Gasteiger partial charge in [0.2, 0.25) is 5.91 Å². The Morgan fingerprint density at radius 3 is 3.06 bits per heavy atom. The molecule has 0 aromatic heterocycles. The van der Waals surface area contributed by atoms with Crippen molar-refractivity contribution >= 4 is 17.5 Å². The van der Waals surface area contributed by atoms with Crippen LogP contribution in [0.4, 0.5) is 0 Å². The van der Waals surface area contributed by atoms with Crippen LogP contribution in [-0.4, -0.2) is 19.0 Å². The van der Waals surface area contributed by atoms with E-state index in [9.17, 15) is 4.79 Å². The number of carbonyl (C=O) groups is 1. The Kier molecular flexibility index (Phi) is 3.82. The number of amides is 1. The molecule has 1 aromatic carbocycles. The Morgan fingerprint density at radius 1 is 1.53 bits per heavy atom. The van der Waals surface area contributed by atoms with Crippen LogP contribution in [0, 0.1) is 0 Å². The maximum atomic E-state index is 12.0. The summed E-state index contributed by atoms with van der Waals surface area (Å²) in [5, 5.41) is 6.47. The summed E-state index contributed by atoms with van der Waals surface area (Å²) >= 11 is 5.64. The molecule has 1 aliphatic heterocycles. The molecule has 90 valence electrons. The number of nitrogens with one attached hydrogen (secondary N) is 2. The van der Waals surface area contributed by atoms with E-state index in [1.165, 1.54) is 5.56 Å². The van der Waals surface area contributed by atoms with E-state index in [1.807, 2.05) is 24.3 Å². The molecule has 1 amide bonds. The van der Waals surface area contributed by atoms with Gasteiger partial charge in [0.25, 0.3) is 0 Å². The molecule has 0 radical (unpaired) electrons. The molecule has 1 aliphatic rings. The minimum atomic E-state index is -0.143. The highest BCUT2D eigenvalue weighted by Crippen LogP contribution is 2.23. The van der Waals surface area contributed by atoms with Crippen LogP contribution in [-0.2, 0) is 11.3 Å². The lowest BCUT2D eigenvalue weighted by atomic mass is 9.90. The normalized spacial score (nSPS) is 18.3. The zero-order valence-corrected chi connectivity index (χ0v) is 10.3. The summed E-state index contributed by atoms with van der Waals surface area (Å²) in [7, 11) is 0. The maximum Gasteiger partial charge on any atom is 0.229 e. The van der Waals surface area contributed by atoms with Crippen molar-refractivity contribution in [2.45, 2.75) is 12.5 Å². The molecule has 1 atom stereocenters. The van der Waals surface area contributed by atoms with Crippen molar-refractivity contribution in [2.75, 3.05) is 13.1 Å². The van der Waals surface area contributed by atoms with Crippen LogP contribution in [0.2, 0.25) is 0 Å². The largest absolute Gasteiger partial charge is 0.351 e. The Labute approximate surface area is 106 Å². The van der Waals surface area contributed by atoms with Gasteiger partial charge >= 0.3 is 0 Å². The fourth-order valence-electron chi connectivity index (χ4n) is 2.04. The second-order valence-corrected chi connectivity index (χ2v) is 4.65. The van der Waals surface area contributed by atoms with Gasteiger partial charge in [-0.15, -0.1) is 0 Å². The van der Waals surface area contributed by atoms with E-state index in [0.717, 1.165) is 12.1 Å². The number of hydrogen-bond acceptors (Lipinski definition) is 2. The number of fused-ring (bicyclic) bond motifs is 1. The second-order valence-electron chi connectivity index (χ2n) is 4.12. The Bertz CT molecular complexity index is 445. The van der Waals surface area contributed by atoms with Crippen LogP contribution in [0.5, 0.6) is 0 Å². The zero-order valence-electron chi connectivity index (χ0n) is 9.50. The number of hydrogen-bond donors (Lipinski definition) is 2. The van der Waals surface area contributed by atoms with Crippen LogP contribution in [0.1, 0.15) is 17.0 Å². The highest BCUT2D eigenvalue weighted by atomic mass is 35.5. The molecule has 2 rings (SSSR count). The molecule has 3 nitrogen and oxygen atoms in total. The van der Waals surface area contributed by atoms with Gasteiger partial charge in [0, 0.05) is 18.1 Å². The number of halogens is 1. The van der Waals surface area contributed by atoms with Crippen LogP contribution in [0.15, 0.2) is 35.9 Å². The predicted molar refractivity (Wildman–Crippen MR) is 68.9 cm³/mol. The fourth-order valence-corrected chi connectivity index (χ4v) is 2.10. The molecular weight excluding hydrogens is 236 g/mol. The number of carbonyl (C=O) groups excluding carboxylic acids is 1. The minimum Gasteiger partial charge on any atom is -0.351 e. The van der Waals surface area contributed by atoms with Crippen molar-refractivity contribution in [2.24, 2.45) is 0 Å². The lowest BCUT2D eigenvalue weighted by molar-refractivity contribution is -0.122. The summed E-state index contributed by atoms with van der Waals surface area (Å²) in [5.41, 5.74) is 2.28. The number of benzene rings is 1. The first kappa shape index (κ1) is 12.1. The van der Waals surface area contributed by atoms with Crippen molar-refractivity contribution in [3.63, 3.8) is 0 Å². The van der Waals surface area contributed by atoms with Crippen molar-refractivity contribution < 1.29 is 4.79 Å². The van der Waals surface area contributed by atoms with E-state index in [4.69, 9.17) is 11.6 Å². The van der Waals surface area contributed by atoms with Gasteiger partial charge in [0.15, 0.2) is 0 Å². The van der Waals surface area contributed by atoms with Gasteiger partial charge in [-0.1, -0.05) is 42.4 Å². The number of rotatable bonds is 3. The predicted octanol–water partition coefficient (Wildman–Crippen LogP) is 1.74. The standard InChI is InChI=1S/C13H15ClN2O/c1-9(14)6-16-13(17)12-8-15-7-10-4-2-3-5-11(10)12/h2-5,12,15H,1,6-8H2,(H,16,17). The van der Waals surface area contributed by atoms with Gasteiger partial charge < -0.3 is 10.6 Å². The van der Waals surface area contributed by atoms with Gasteiger partial charge in [-0.05, 0) is 11.1 Å². The quantitative estimate of drug-likeness (QED) is 0.858. The SMILES string of the molecule is C=C(Cl)CNC(=O)C1CNCc2ccccc21. The summed E-state index contributed by atoms with van der Waals surface area (Å²) in [6.07, 6.45) is 0. The lowest BCUT2D eigenvalue weighted by Crippen LogP contribution is -2.39. The van der Waals surface area contributed by atoms with E-state index in [2.05, 4.69) is 17.2 Å². The summed E-state index contributed by atoms with van der Waals surface area (Å²) in [6, 6.07) is 8.00. The van der Waals surface area contributed by atoms with E-state index in [0.29, 0.717) is 18.1 Å². The third-order valence-electron chi connectivity index (χ3n) is 2.87. The average Bonchev–Trinajstić information content (AvgIpc) is 2.35. The Hall–Kier alpha value is -1.32. The maximum absolute atomic E-state index is 12.0. The summed E-state index contributed by atoms with van der Waals surface area (Å²) in [4.78, 5) is 12.0. The summed E-state index contributed by atoms with van der Waals surface area (Å²) in [6.45, 7) is 5.36. The Balaban J connectivity index is 2.12. The van der Waals surface area contributed by atoms with Crippen molar-refractivity contribution in [3.05, 3.63) is 47.0 Å². The molecule has 1 heterocycles. The fraction of sp³-hybridized carbons (Fsp3) is 0.308. The smallest absolute Gasteiger partial charge is 0.229 e. The van der Waals surface area contributed by atoms with Crippen LogP contribution in [0.25, 0.3) is 0 Å². The van der Waals surface area contributed by atoms with E-state index in [-0.39, 0.29) is 11.8 Å². The molecule has 0 spiro atoms. The molecule has 4 heteroatoms. The third kappa shape index (κ3) is 2.87. The molecular formula is C13H15ClN2O. The highest BCUT2D eigenvalue weighted by molar-refractivity contribution is 6.29. The molecule has 17 heavy (non-hydrogen) atoms. The van der Waals surface area contributed by atoms with Gasteiger partial charge in [0.1, 0.15) is 0 Å². The molecule has 0 saturated carbocycles.